The third-order valence-corrected chi connectivity index (χ3v) is 7.43. The molecular weight excluding hydrogens is 416 g/mol. The van der Waals surface area contributed by atoms with Crippen LogP contribution in [0.3, 0.4) is 0 Å². The van der Waals surface area contributed by atoms with Gasteiger partial charge in [0.25, 0.3) is 0 Å². The minimum absolute atomic E-state index is 0.0164. The molecule has 0 spiro atoms. The molecule has 0 aliphatic heterocycles. The fraction of sp³-hybridized carbons (Fsp3) is 0.304. The molecule has 3 aromatic rings. The molecule has 0 radical (unpaired) electrons. The highest BCUT2D eigenvalue weighted by molar-refractivity contribution is 7.90. The summed E-state index contributed by atoms with van der Waals surface area (Å²) in [5, 5.41) is 0. The Morgan fingerprint density at radius 1 is 1.17 bits per heavy atom. The van der Waals surface area contributed by atoms with Crippen molar-refractivity contribution in [3.8, 4) is 12.3 Å². The number of thiazole rings is 1. The molecule has 156 valence electrons. The number of rotatable bonds is 8. The van der Waals surface area contributed by atoms with Crippen LogP contribution < -0.4 is 4.80 Å². The van der Waals surface area contributed by atoms with Gasteiger partial charge in [-0.05, 0) is 36.1 Å². The van der Waals surface area contributed by atoms with E-state index in [4.69, 9.17) is 6.42 Å². The molecule has 0 aliphatic rings. The molecule has 2 aromatic carbocycles. The number of benzene rings is 2. The van der Waals surface area contributed by atoms with E-state index in [2.05, 4.69) is 23.9 Å². The van der Waals surface area contributed by atoms with Crippen molar-refractivity contribution in [2.45, 2.75) is 38.5 Å². The lowest BCUT2D eigenvalue weighted by Crippen LogP contribution is -2.17. The summed E-state index contributed by atoms with van der Waals surface area (Å²) in [6.45, 7) is 2.41. The number of hydrogen-bond acceptors (Lipinski definition) is 4. The maximum absolute atomic E-state index is 12.4. The molecule has 1 heterocycles. The van der Waals surface area contributed by atoms with Crippen molar-refractivity contribution in [1.82, 2.24) is 4.57 Å². The summed E-state index contributed by atoms with van der Waals surface area (Å²) in [5.74, 6) is 2.22. The highest BCUT2D eigenvalue weighted by Gasteiger charge is 2.13. The van der Waals surface area contributed by atoms with Gasteiger partial charge in [0.15, 0.2) is 14.6 Å². The Bertz CT molecular complexity index is 1250. The number of hydrogen-bond donors (Lipinski definition) is 0. The minimum atomic E-state index is -3.27. The first-order valence-corrected chi connectivity index (χ1v) is 12.4. The zero-order valence-corrected chi connectivity index (χ0v) is 18.5. The van der Waals surface area contributed by atoms with Crippen LogP contribution in [0.1, 0.15) is 30.9 Å². The molecule has 30 heavy (non-hydrogen) atoms. The smallest absolute Gasteiger partial charge is 0.248 e. The van der Waals surface area contributed by atoms with Crippen molar-refractivity contribution in [2.24, 2.45) is 4.99 Å². The number of fused-ring (bicyclic) bond motifs is 1. The number of carbonyl (C=O) groups is 1. The molecule has 3 rings (SSSR count). The van der Waals surface area contributed by atoms with Gasteiger partial charge in [-0.15, -0.1) is 6.42 Å². The topological polar surface area (TPSA) is 68.5 Å². The fourth-order valence-electron chi connectivity index (χ4n) is 3.17. The number of carbonyl (C=O) groups excluding carboxylic acids is 1. The van der Waals surface area contributed by atoms with Gasteiger partial charge in [0.1, 0.15) is 0 Å². The van der Waals surface area contributed by atoms with Crippen LogP contribution in [-0.4, -0.2) is 24.6 Å². The van der Waals surface area contributed by atoms with Crippen LogP contribution in [-0.2, 0) is 33.4 Å². The van der Waals surface area contributed by atoms with Gasteiger partial charge in [-0.1, -0.05) is 60.6 Å². The number of aromatic nitrogens is 1. The lowest BCUT2D eigenvalue weighted by molar-refractivity contribution is -0.118. The van der Waals surface area contributed by atoms with Gasteiger partial charge in [-0.2, -0.15) is 4.99 Å². The van der Waals surface area contributed by atoms with Crippen LogP contribution in [0.4, 0.5) is 0 Å². The monoisotopic (exact) mass is 440 g/mol. The van der Waals surface area contributed by atoms with E-state index < -0.39 is 9.84 Å². The summed E-state index contributed by atoms with van der Waals surface area (Å²) in [4.78, 5) is 17.2. The van der Waals surface area contributed by atoms with Crippen molar-refractivity contribution in [3.63, 3.8) is 0 Å². The molecule has 0 fully saturated rings. The Kier molecular flexibility index (Phi) is 7.24. The van der Waals surface area contributed by atoms with Gasteiger partial charge in [-0.3, -0.25) is 4.79 Å². The molecule has 1 aromatic heterocycles. The van der Waals surface area contributed by atoms with E-state index in [0.717, 1.165) is 22.2 Å². The van der Waals surface area contributed by atoms with E-state index in [1.807, 2.05) is 34.9 Å². The first-order valence-electron chi connectivity index (χ1n) is 9.79. The number of nitrogens with zero attached hydrogens (tertiary/aromatic N) is 2. The van der Waals surface area contributed by atoms with Crippen molar-refractivity contribution >= 4 is 37.3 Å². The summed E-state index contributed by atoms with van der Waals surface area (Å²) in [7, 11) is -3.27. The number of amides is 1. The number of aryl methyl sites for hydroxylation is 1. The van der Waals surface area contributed by atoms with E-state index in [1.54, 1.807) is 12.1 Å². The third kappa shape index (κ3) is 5.68. The van der Waals surface area contributed by atoms with E-state index in [1.165, 1.54) is 16.9 Å². The zero-order chi connectivity index (χ0) is 21.6. The third-order valence-electron chi connectivity index (χ3n) is 4.70. The second-order valence-corrected chi connectivity index (χ2v) is 10.2. The predicted molar refractivity (Wildman–Crippen MR) is 122 cm³/mol. The molecule has 0 unspecified atom stereocenters. The maximum Gasteiger partial charge on any atom is 0.248 e. The Balaban J connectivity index is 1.71. The van der Waals surface area contributed by atoms with Gasteiger partial charge in [0.05, 0.1) is 28.3 Å². The SMILES string of the molecule is C#CCn1c(=NC(=O)CCCS(=O)(=O)Cc2ccccc2)sc2cc(CC)ccc21. The summed E-state index contributed by atoms with van der Waals surface area (Å²) in [6.07, 6.45) is 6.75. The standard InChI is InChI=1S/C23H24N2O3S2/c1-3-14-25-20-13-12-18(4-2)16-21(20)29-23(25)24-22(26)11-8-15-30(27,28)17-19-9-6-5-7-10-19/h1,5-7,9-10,12-13,16H,4,8,11,14-15,17H2,2H3. The second kappa shape index (κ2) is 9.88. The molecule has 5 nitrogen and oxygen atoms in total. The van der Waals surface area contributed by atoms with Crippen LogP contribution in [0.2, 0.25) is 0 Å². The quantitative estimate of drug-likeness (QED) is 0.501. The van der Waals surface area contributed by atoms with E-state index in [0.29, 0.717) is 11.3 Å². The first-order chi connectivity index (χ1) is 14.4. The molecule has 0 saturated carbocycles. The normalized spacial score (nSPS) is 12.2. The van der Waals surface area contributed by atoms with Gasteiger partial charge in [0, 0.05) is 6.42 Å². The molecule has 0 N–H and O–H groups in total. The Morgan fingerprint density at radius 2 is 1.93 bits per heavy atom. The molecule has 0 atom stereocenters. The fourth-order valence-corrected chi connectivity index (χ4v) is 5.71. The van der Waals surface area contributed by atoms with E-state index in [-0.39, 0.29) is 30.3 Å². The summed E-state index contributed by atoms with van der Waals surface area (Å²) >= 11 is 1.42. The predicted octanol–water partition coefficient (Wildman–Crippen LogP) is 3.72. The molecule has 0 aliphatic carbocycles. The summed E-state index contributed by atoms with van der Waals surface area (Å²) < 4.78 is 27.5. The Hall–Kier alpha value is -2.69. The van der Waals surface area contributed by atoms with Crippen molar-refractivity contribution in [3.05, 3.63) is 64.5 Å². The molecule has 0 saturated heterocycles. The lowest BCUT2D eigenvalue weighted by atomic mass is 10.2. The zero-order valence-electron chi connectivity index (χ0n) is 16.9. The van der Waals surface area contributed by atoms with Gasteiger partial charge in [-0.25, -0.2) is 8.42 Å². The number of sulfone groups is 1. The van der Waals surface area contributed by atoms with Crippen molar-refractivity contribution < 1.29 is 13.2 Å². The highest BCUT2D eigenvalue weighted by atomic mass is 32.2. The maximum atomic E-state index is 12.4. The van der Waals surface area contributed by atoms with Crippen LogP contribution in [0, 0.1) is 12.3 Å². The van der Waals surface area contributed by atoms with E-state index >= 15 is 0 Å². The minimum Gasteiger partial charge on any atom is -0.305 e. The first kappa shape index (κ1) is 22.0. The van der Waals surface area contributed by atoms with Gasteiger partial charge < -0.3 is 4.57 Å². The van der Waals surface area contributed by atoms with Gasteiger partial charge >= 0.3 is 0 Å². The Labute approximate surface area is 181 Å². The van der Waals surface area contributed by atoms with Crippen LogP contribution >= 0.6 is 11.3 Å². The lowest BCUT2D eigenvalue weighted by Gasteiger charge is -2.03. The average Bonchev–Trinajstić information content (AvgIpc) is 3.04. The molecular formula is C23H24N2O3S2. The van der Waals surface area contributed by atoms with Gasteiger partial charge in [0.2, 0.25) is 5.91 Å². The van der Waals surface area contributed by atoms with Crippen molar-refractivity contribution in [1.29, 1.82) is 0 Å². The van der Waals surface area contributed by atoms with Crippen LogP contribution in [0.25, 0.3) is 10.2 Å². The number of terminal acetylenes is 1. The molecule has 0 bridgehead atoms. The average molecular weight is 441 g/mol. The summed E-state index contributed by atoms with van der Waals surface area (Å²) in [5.41, 5.74) is 2.91. The second-order valence-electron chi connectivity index (χ2n) is 7.02. The van der Waals surface area contributed by atoms with Crippen LogP contribution in [0.5, 0.6) is 0 Å². The highest BCUT2D eigenvalue weighted by Crippen LogP contribution is 2.19. The van der Waals surface area contributed by atoms with Crippen molar-refractivity contribution in [2.75, 3.05) is 5.75 Å². The Morgan fingerprint density at radius 3 is 2.63 bits per heavy atom. The van der Waals surface area contributed by atoms with Crippen LogP contribution in [0.15, 0.2) is 53.5 Å². The summed E-state index contributed by atoms with van der Waals surface area (Å²) in [6, 6.07) is 15.2. The van der Waals surface area contributed by atoms with E-state index in [9.17, 15) is 13.2 Å². The molecule has 1 amide bonds. The largest absolute Gasteiger partial charge is 0.305 e. The molecule has 7 heteroatoms.